The number of benzene rings is 9. The van der Waals surface area contributed by atoms with Crippen LogP contribution < -0.4 is 13.7 Å². The van der Waals surface area contributed by atoms with Crippen LogP contribution in [0, 0.1) is 18.5 Å². The summed E-state index contributed by atoms with van der Waals surface area (Å²) in [6, 6.07) is 62.6. The van der Waals surface area contributed by atoms with Crippen LogP contribution in [-0.2, 0) is 31.9 Å². The molecule has 12 aromatic rings. The average molecular weight is 1260 g/mol. The number of aromatic nitrogens is 4. The van der Waals surface area contributed by atoms with Gasteiger partial charge in [-0.25, -0.2) is 0 Å². The van der Waals surface area contributed by atoms with E-state index in [0.29, 0.717) is 28.4 Å². The first kappa shape index (κ1) is 44.4. The van der Waals surface area contributed by atoms with E-state index in [2.05, 4.69) is 184 Å². The van der Waals surface area contributed by atoms with Gasteiger partial charge in [0.25, 0.3) is 0 Å². The van der Waals surface area contributed by atoms with E-state index in [-0.39, 0.29) is 49.5 Å². The standard InChI is InChI=1S/C71H58GeN4O.Pt/c1-70(2,3)48-36-39-73-67(41-48)76-63-32-16-15-28-56(63)60-43-59(47-34-35-61-62(40-47)72(6,7)38-37-71(61,4)5)66(44-65(60)76)77-50-23-17-22-49(42-50)74-45-75-68-51(46-20-9-8-10-21-46)29-18-30-57(68)54-26-13-11-24-52(54)53-25-12-14-27-55(53)58-31-19-33-64(74)69(58)75;/h8-36,39-41,43H,37-38H2,1-7H3;/q-2;/i8D,9D,10D,20D,21D;. The Morgan fingerprint density at radius 3 is 2.06 bits per heavy atom. The number of ether oxygens (including phenoxy) is 1. The van der Waals surface area contributed by atoms with Crippen LogP contribution in [0.3, 0.4) is 0 Å². The Kier molecular flexibility index (Phi) is 10.7. The molecule has 0 N–H and O–H groups in total. The van der Waals surface area contributed by atoms with Crippen LogP contribution in [0.5, 0.6) is 11.5 Å². The number of nitrogens with zero attached hydrogens (tertiary/aromatic N) is 4. The molecule has 0 atom stereocenters. The normalized spacial score (nSPS) is 15.0. The molecule has 0 aliphatic carbocycles. The molecule has 2 aliphatic heterocycles. The van der Waals surface area contributed by atoms with Gasteiger partial charge in [-0.05, 0) is 44.5 Å². The Balaban J connectivity index is 0.00000645. The minimum absolute atomic E-state index is 0. The molecule has 0 fully saturated rings. The molecule has 9 aromatic carbocycles. The predicted octanol–water partition coefficient (Wildman–Crippen LogP) is 17.1. The Hall–Kier alpha value is -7.57. The van der Waals surface area contributed by atoms with Crippen molar-refractivity contribution >= 4 is 50.5 Å². The Morgan fingerprint density at radius 2 is 1.29 bits per heavy atom. The number of rotatable bonds is 6. The van der Waals surface area contributed by atoms with E-state index >= 15 is 0 Å². The maximum absolute atomic E-state index is 9.31. The summed E-state index contributed by atoms with van der Waals surface area (Å²) in [6.45, 7) is 11.4. The van der Waals surface area contributed by atoms with E-state index in [4.69, 9.17) is 13.8 Å². The molecule has 0 saturated carbocycles. The molecule has 7 heteroatoms. The third-order valence-corrected chi connectivity index (χ3v) is 23.4. The molecule has 0 bridgehead atoms. The van der Waals surface area contributed by atoms with Crippen molar-refractivity contribution in [3.63, 3.8) is 0 Å². The second-order valence-electron chi connectivity index (χ2n) is 23.0. The second kappa shape index (κ2) is 18.8. The van der Waals surface area contributed by atoms with Crippen LogP contribution in [0.4, 0.5) is 0 Å². The Bertz CT molecular complexity index is 4660. The zero-order valence-electron chi connectivity index (χ0n) is 49.6. The summed E-state index contributed by atoms with van der Waals surface area (Å²) in [5.41, 5.74) is 15.7. The van der Waals surface area contributed by atoms with Gasteiger partial charge >= 0.3 is 277 Å². The van der Waals surface area contributed by atoms with Gasteiger partial charge in [-0.2, -0.15) is 0 Å². The molecule has 78 heavy (non-hydrogen) atoms. The third-order valence-electron chi connectivity index (χ3n) is 16.3. The fraction of sp³-hybridized carbons (Fsp3) is 0.155. The molecule has 0 saturated heterocycles. The molecule has 2 aliphatic rings. The number of pyridine rings is 1. The molecule has 0 unspecified atom stereocenters. The van der Waals surface area contributed by atoms with Gasteiger partial charge in [-0.3, -0.25) is 0 Å². The van der Waals surface area contributed by atoms with Gasteiger partial charge in [0, 0.05) is 21.1 Å². The topological polar surface area (TPSA) is 35.9 Å². The molecule has 5 heterocycles. The van der Waals surface area contributed by atoms with Crippen molar-refractivity contribution in [2.24, 2.45) is 0 Å². The smallest absolute Gasteiger partial charge is 0.0660 e. The van der Waals surface area contributed by atoms with Crippen LogP contribution in [0.25, 0.3) is 106 Å². The van der Waals surface area contributed by atoms with E-state index in [1.807, 2.05) is 63.9 Å². The first-order valence-electron chi connectivity index (χ1n) is 29.1. The third kappa shape index (κ3) is 8.15. The fourth-order valence-corrected chi connectivity index (χ4v) is 18.9. The van der Waals surface area contributed by atoms with Crippen molar-refractivity contribution in [3.8, 4) is 84.3 Å². The van der Waals surface area contributed by atoms with Gasteiger partial charge in [0.05, 0.1) is 12.5 Å². The summed E-state index contributed by atoms with van der Waals surface area (Å²) in [6.07, 6.45) is 6.88. The summed E-state index contributed by atoms with van der Waals surface area (Å²) < 4.78 is 59.8. The van der Waals surface area contributed by atoms with E-state index < -0.39 is 31.4 Å². The van der Waals surface area contributed by atoms with Crippen LogP contribution in [0.2, 0.25) is 16.8 Å². The van der Waals surface area contributed by atoms with Crippen LogP contribution >= 0.6 is 0 Å². The van der Waals surface area contributed by atoms with Gasteiger partial charge in [-0.1, -0.05) is 130 Å². The Labute approximate surface area is 481 Å². The number of fused-ring (bicyclic) bond motifs is 11. The molecule has 384 valence electrons. The van der Waals surface area contributed by atoms with E-state index in [1.165, 1.54) is 27.2 Å². The molecular formula is C71H58GeN4OPt-2. The summed E-state index contributed by atoms with van der Waals surface area (Å²) >= 11 is -2.43. The van der Waals surface area contributed by atoms with Crippen molar-refractivity contribution in [1.82, 2.24) is 14.1 Å². The number of hydrogen-bond acceptors (Lipinski definition) is 2. The zero-order chi connectivity index (χ0) is 56.7. The van der Waals surface area contributed by atoms with Gasteiger partial charge < -0.3 is 0 Å². The van der Waals surface area contributed by atoms with Crippen molar-refractivity contribution < 1.29 is 37.2 Å². The first-order chi connectivity index (χ1) is 39.4. The van der Waals surface area contributed by atoms with Crippen molar-refractivity contribution in [3.05, 3.63) is 230 Å². The molecule has 0 amide bonds. The van der Waals surface area contributed by atoms with Crippen molar-refractivity contribution in [1.29, 1.82) is 0 Å². The van der Waals surface area contributed by atoms with Crippen molar-refractivity contribution in [2.45, 2.75) is 68.6 Å². The van der Waals surface area contributed by atoms with E-state index in [0.717, 1.165) is 83.2 Å². The maximum atomic E-state index is 9.31. The molecule has 0 radical (unpaired) electrons. The van der Waals surface area contributed by atoms with Crippen LogP contribution in [0.1, 0.15) is 59.0 Å². The monoisotopic (exact) mass is 1260 g/mol. The van der Waals surface area contributed by atoms with Crippen LogP contribution in [0.15, 0.2) is 200 Å². The number of imidazole rings is 1. The van der Waals surface area contributed by atoms with Crippen molar-refractivity contribution in [2.75, 3.05) is 0 Å². The molecule has 3 aromatic heterocycles. The van der Waals surface area contributed by atoms with Gasteiger partial charge in [0.1, 0.15) is 0 Å². The van der Waals surface area contributed by atoms with E-state index in [9.17, 15) is 2.74 Å². The van der Waals surface area contributed by atoms with Gasteiger partial charge in [-0.15, -0.1) is 0 Å². The predicted molar refractivity (Wildman–Crippen MR) is 319 cm³/mol. The quantitative estimate of drug-likeness (QED) is 0.0945. The number of para-hydroxylation sites is 3. The van der Waals surface area contributed by atoms with Gasteiger partial charge in [0.15, 0.2) is 0 Å². The summed E-state index contributed by atoms with van der Waals surface area (Å²) in [4.78, 5) is 5.01. The summed E-state index contributed by atoms with van der Waals surface area (Å²) in [5, 5.41) is 3.41. The molecule has 14 rings (SSSR count). The zero-order valence-corrected chi connectivity index (χ0v) is 49.0. The van der Waals surface area contributed by atoms with E-state index in [1.54, 1.807) is 0 Å². The second-order valence-corrected chi connectivity index (χ2v) is 33.1. The SMILES string of the molecule is [2H]c1c([2H])c([2H])c(-c2cccc3c2-[n+]2[c-]n(-c4[c-]c(Oc5[c-]c6c(cc5-c5ccc7[c](c5)[Ge]([CH3])([CH3])[CH2]CC7(C)C)c5ccccc5n6-c5cc(C(C)(C)C)ccn5)ccc4)c4cccc(c42)-c2ccccc2-c2ccccc2-3)c([2H])c1[2H].[Pt]. The van der Waals surface area contributed by atoms with Gasteiger partial charge in [0.2, 0.25) is 0 Å². The molecule has 0 spiro atoms. The minimum Gasteiger partial charge on any atom is -0.0660 e. The number of hydrogen-bond donors (Lipinski definition) is 0. The fourth-order valence-electron chi connectivity index (χ4n) is 12.2. The minimum atomic E-state index is -2.43. The average Bonchev–Trinajstić information content (AvgIpc) is 4.17. The summed E-state index contributed by atoms with van der Waals surface area (Å²) in [5.74, 6) is 6.93. The Morgan fingerprint density at radius 1 is 0.641 bits per heavy atom. The first-order valence-corrected chi connectivity index (χ1v) is 33.3. The van der Waals surface area contributed by atoms with Crippen LogP contribution in [-0.4, -0.2) is 27.4 Å². The molecule has 5 nitrogen and oxygen atoms in total. The molecular weight excluding hydrogens is 1190 g/mol. The summed E-state index contributed by atoms with van der Waals surface area (Å²) in [7, 11) is 0.